The lowest BCUT2D eigenvalue weighted by atomic mass is 9.95. The van der Waals surface area contributed by atoms with Gasteiger partial charge in [0.05, 0.1) is 18.2 Å². The van der Waals surface area contributed by atoms with Gasteiger partial charge in [0, 0.05) is 18.6 Å². The van der Waals surface area contributed by atoms with Crippen LogP contribution in [0.5, 0.6) is 0 Å². The van der Waals surface area contributed by atoms with E-state index in [9.17, 15) is 24.6 Å². The minimum atomic E-state index is -1.19. The van der Waals surface area contributed by atoms with Gasteiger partial charge in [0.2, 0.25) is 11.8 Å². The van der Waals surface area contributed by atoms with E-state index in [1.807, 2.05) is 100 Å². The van der Waals surface area contributed by atoms with E-state index in [0.717, 1.165) is 24.0 Å². The SMILES string of the molecule is CC(C)[C@@H](C(=O)N[C@@H](Cc1ccccc1)[C@H](O)CN1CCCC[C@H]1C(=O)NC(C)(C)C)N(Cc1ccccc1)C(=O)O. The number of carboxylic acid groups (broad SMARTS) is 1. The van der Waals surface area contributed by atoms with E-state index in [0.29, 0.717) is 19.4 Å². The quantitative estimate of drug-likeness (QED) is 0.301. The number of piperidine rings is 1. The van der Waals surface area contributed by atoms with Gasteiger partial charge >= 0.3 is 6.09 Å². The molecule has 1 aliphatic rings. The Morgan fingerprint density at radius 1 is 0.976 bits per heavy atom. The molecule has 0 radical (unpaired) electrons. The van der Waals surface area contributed by atoms with Crippen LogP contribution in [0.15, 0.2) is 60.7 Å². The van der Waals surface area contributed by atoms with Crippen molar-refractivity contribution in [3.05, 3.63) is 71.8 Å². The number of amides is 3. The van der Waals surface area contributed by atoms with Crippen LogP contribution in [0.25, 0.3) is 0 Å². The number of aliphatic hydroxyl groups is 1. The molecule has 2 aromatic carbocycles. The minimum absolute atomic E-state index is 0.0593. The molecular formula is C33H48N4O5. The molecule has 3 amide bonds. The summed E-state index contributed by atoms with van der Waals surface area (Å²) in [6.45, 7) is 10.4. The maximum Gasteiger partial charge on any atom is 0.408 e. The van der Waals surface area contributed by atoms with E-state index in [1.54, 1.807) is 0 Å². The Morgan fingerprint density at radius 2 is 1.57 bits per heavy atom. The zero-order chi connectivity index (χ0) is 30.9. The van der Waals surface area contributed by atoms with Crippen LogP contribution >= 0.6 is 0 Å². The Morgan fingerprint density at radius 3 is 2.12 bits per heavy atom. The van der Waals surface area contributed by atoms with Gasteiger partial charge in [-0.05, 0) is 63.6 Å². The third kappa shape index (κ3) is 9.84. The number of hydrogen-bond acceptors (Lipinski definition) is 5. The lowest BCUT2D eigenvalue weighted by Gasteiger charge is -2.39. The van der Waals surface area contributed by atoms with E-state index in [2.05, 4.69) is 10.6 Å². The number of nitrogens with one attached hydrogen (secondary N) is 2. The molecule has 0 aliphatic carbocycles. The van der Waals surface area contributed by atoms with Gasteiger partial charge in [-0.1, -0.05) is 80.9 Å². The molecule has 1 aliphatic heterocycles. The molecule has 230 valence electrons. The van der Waals surface area contributed by atoms with Crippen molar-refractivity contribution in [2.75, 3.05) is 13.1 Å². The van der Waals surface area contributed by atoms with Crippen molar-refractivity contribution in [3.8, 4) is 0 Å². The Bertz CT molecular complexity index is 1150. The van der Waals surface area contributed by atoms with Crippen LogP contribution in [-0.2, 0) is 22.6 Å². The average Bonchev–Trinajstić information content (AvgIpc) is 2.92. The lowest BCUT2D eigenvalue weighted by Crippen LogP contribution is -2.59. The van der Waals surface area contributed by atoms with E-state index < -0.39 is 30.2 Å². The topological polar surface area (TPSA) is 122 Å². The fraction of sp³-hybridized carbons (Fsp3) is 0.545. The third-order valence-electron chi connectivity index (χ3n) is 7.60. The summed E-state index contributed by atoms with van der Waals surface area (Å²) in [5, 5.41) is 27.8. The Labute approximate surface area is 250 Å². The molecule has 1 heterocycles. The highest BCUT2D eigenvalue weighted by atomic mass is 16.4. The molecule has 0 saturated carbocycles. The van der Waals surface area contributed by atoms with Gasteiger partial charge in [0.25, 0.3) is 0 Å². The molecule has 4 atom stereocenters. The molecule has 0 aromatic heterocycles. The number of carbonyl (C=O) groups is 3. The van der Waals surface area contributed by atoms with Crippen molar-refractivity contribution < 1.29 is 24.6 Å². The number of nitrogens with zero attached hydrogens (tertiary/aromatic N) is 2. The zero-order valence-corrected chi connectivity index (χ0v) is 25.6. The van der Waals surface area contributed by atoms with Gasteiger partial charge < -0.3 is 20.8 Å². The monoisotopic (exact) mass is 580 g/mol. The van der Waals surface area contributed by atoms with Gasteiger partial charge in [0.15, 0.2) is 0 Å². The molecule has 3 rings (SSSR count). The summed E-state index contributed by atoms with van der Waals surface area (Å²) in [6, 6.07) is 16.8. The van der Waals surface area contributed by atoms with Crippen molar-refractivity contribution in [3.63, 3.8) is 0 Å². The van der Waals surface area contributed by atoms with E-state index in [-0.39, 0.29) is 36.5 Å². The van der Waals surface area contributed by atoms with Gasteiger partial charge in [-0.2, -0.15) is 0 Å². The highest BCUT2D eigenvalue weighted by molar-refractivity contribution is 5.86. The second kappa shape index (κ2) is 15.2. The van der Waals surface area contributed by atoms with Gasteiger partial charge in [-0.25, -0.2) is 4.79 Å². The molecule has 42 heavy (non-hydrogen) atoms. The molecule has 9 heteroatoms. The number of β-amino-alcohol motifs (C(OH)–C–C–N with tert-alkyl or cyclic N) is 1. The summed E-state index contributed by atoms with van der Waals surface area (Å²) in [4.78, 5) is 42.5. The molecule has 2 aromatic rings. The van der Waals surface area contributed by atoms with Crippen LogP contribution in [0.2, 0.25) is 0 Å². The molecule has 0 bridgehead atoms. The molecule has 9 nitrogen and oxygen atoms in total. The van der Waals surface area contributed by atoms with Crippen LogP contribution in [0, 0.1) is 5.92 Å². The normalized spacial score (nSPS) is 18.1. The third-order valence-corrected chi connectivity index (χ3v) is 7.60. The second-order valence-electron chi connectivity index (χ2n) is 12.7. The predicted octanol–water partition coefficient (Wildman–Crippen LogP) is 4.05. The van der Waals surface area contributed by atoms with E-state index in [4.69, 9.17) is 0 Å². The maximum absolute atomic E-state index is 13.8. The smallest absolute Gasteiger partial charge is 0.408 e. The number of benzene rings is 2. The first-order valence-corrected chi connectivity index (χ1v) is 15.0. The summed E-state index contributed by atoms with van der Waals surface area (Å²) >= 11 is 0. The highest BCUT2D eigenvalue weighted by Crippen LogP contribution is 2.21. The summed E-state index contributed by atoms with van der Waals surface area (Å²) < 4.78 is 0. The van der Waals surface area contributed by atoms with Gasteiger partial charge in [-0.3, -0.25) is 19.4 Å². The first-order valence-electron chi connectivity index (χ1n) is 15.0. The van der Waals surface area contributed by atoms with Gasteiger partial charge in [0.1, 0.15) is 6.04 Å². The van der Waals surface area contributed by atoms with Crippen molar-refractivity contribution >= 4 is 17.9 Å². The standard InChI is InChI=1S/C33H48N4O5/c1-23(2)29(37(32(41)42)21-25-16-10-7-11-17-25)31(40)34-26(20-24-14-8-6-9-15-24)28(38)22-36-19-13-12-18-27(36)30(39)35-33(3,4)5/h6-11,14-17,23,26-29,38H,12-13,18-22H2,1-5H3,(H,34,40)(H,35,39)(H,41,42)/t26-,27-,28+,29-/m0/s1. The Balaban J connectivity index is 1.83. The zero-order valence-electron chi connectivity index (χ0n) is 25.6. The van der Waals surface area contributed by atoms with Crippen molar-refractivity contribution in [2.24, 2.45) is 5.92 Å². The number of carbonyl (C=O) groups excluding carboxylic acids is 2. The van der Waals surface area contributed by atoms with E-state index in [1.165, 1.54) is 4.90 Å². The highest BCUT2D eigenvalue weighted by Gasteiger charge is 2.37. The summed E-state index contributed by atoms with van der Waals surface area (Å²) in [5.74, 6) is -0.827. The summed E-state index contributed by atoms with van der Waals surface area (Å²) in [7, 11) is 0. The Kier molecular flexibility index (Phi) is 11.9. The number of hydrogen-bond donors (Lipinski definition) is 4. The predicted molar refractivity (Wildman–Crippen MR) is 164 cm³/mol. The van der Waals surface area contributed by atoms with Crippen molar-refractivity contribution in [2.45, 2.75) is 96.6 Å². The summed E-state index contributed by atoms with van der Waals surface area (Å²) in [5.41, 5.74) is 1.34. The molecule has 4 N–H and O–H groups in total. The van der Waals surface area contributed by atoms with Crippen LogP contribution < -0.4 is 10.6 Å². The second-order valence-corrected chi connectivity index (χ2v) is 12.7. The Hall–Kier alpha value is -3.43. The van der Waals surface area contributed by atoms with Gasteiger partial charge in [-0.15, -0.1) is 0 Å². The van der Waals surface area contributed by atoms with Crippen molar-refractivity contribution in [1.82, 2.24) is 20.4 Å². The van der Waals surface area contributed by atoms with Crippen LogP contribution in [-0.4, -0.2) is 80.8 Å². The first-order chi connectivity index (χ1) is 19.9. The van der Waals surface area contributed by atoms with Crippen LogP contribution in [0.1, 0.15) is 65.0 Å². The fourth-order valence-electron chi connectivity index (χ4n) is 5.62. The number of rotatable bonds is 12. The minimum Gasteiger partial charge on any atom is -0.465 e. The molecule has 1 saturated heterocycles. The number of likely N-dealkylation sites (tertiary alicyclic amines) is 1. The van der Waals surface area contributed by atoms with E-state index >= 15 is 0 Å². The average molecular weight is 581 g/mol. The largest absolute Gasteiger partial charge is 0.465 e. The lowest BCUT2D eigenvalue weighted by molar-refractivity contribution is -0.132. The number of aliphatic hydroxyl groups excluding tert-OH is 1. The van der Waals surface area contributed by atoms with Crippen molar-refractivity contribution in [1.29, 1.82) is 0 Å². The molecular weight excluding hydrogens is 532 g/mol. The maximum atomic E-state index is 13.8. The van der Waals surface area contributed by atoms with Crippen LogP contribution in [0.4, 0.5) is 4.79 Å². The summed E-state index contributed by atoms with van der Waals surface area (Å²) in [6.07, 6.45) is 0.738. The molecule has 0 unspecified atom stereocenters. The van der Waals surface area contributed by atoms with Crippen LogP contribution in [0.3, 0.4) is 0 Å². The first kappa shape index (κ1) is 33.1. The molecule has 0 spiro atoms. The molecule has 1 fully saturated rings. The fourth-order valence-corrected chi connectivity index (χ4v) is 5.62.